The SMILES string of the molecule is O.O.O.O.O.O=C([O-])O.O=C([O-])O.[Mg+2]. The molecule has 0 bridgehead atoms. The van der Waals surface area contributed by atoms with Crippen LogP contribution in [-0.2, 0) is 0 Å². The van der Waals surface area contributed by atoms with E-state index in [1.54, 1.807) is 0 Å². The molecule has 0 rings (SSSR count). The van der Waals surface area contributed by atoms with E-state index in [9.17, 15) is 0 Å². The van der Waals surface area contributed by atoms with Crippen LogP contribution in [0.25, 0.3) is 0 Å². The van der Waals surface area contributed by atoms with Crippen molar-refractivity contribution < 1.29 is 57.4 Å². The Balaban J connectivity index is -0.00000000600. The third-order valence-electron chi connectivity index (χ3n) is 0. The van der Waals surface area contributed by atoms with E-state index in [0.717, 1.165) is 0 Å². The zero-order valence-electron chi connectivity index (χ0n) is 6.73. The van der Waals surface area contributed by atoms with Crippen LogP contribution in [0.4, 0.5) is 9.59 Å². The Morgan fingerprint density at radius 2 is 0.714 bits per heavy atom. The molecular weight excluding hydrogens is 224 g/mol. The average Bonchev–Trinajstić information content (AvgIpc) is 1.25. The summed E-state index contributed by atoms with van der Waals surface area (Å²) in [5.74, 6) is 0. The second kappa shape index (κ2) is 57.3. The second-order valence-corrected chi connectivity index (χ2v) is 0.532. The largest absolute Gasteiger partial charge is 2.00 e. The molecule has 0 aliphatic heterocycles. The summed E-state index contributed by atoms with van der Waals surface area (Å²) in [6.07, 6.45) is -4.17. The van der Waals surface area contributed by atoms with E-state index in [-0.39, 0.29) is 50.4 Å². The molecular formula is C2H12MgO11. The van der Waals surface area contributed by atoms with Crippen LogP contribution < -0.4 is 10.2 Å². The summed E-state index contributed by atoms with van der Waals surface area (Å²) in [6.45, 7) is 0. The summed E-state index contributed by atoms with van der Waals surface area (Å²) in [7, 11) is 0. The standard InChI is InChI=1S/2CH2O3.Mg.5H2O/c2*2-1(3)4;;;;;;/h2*(H2,2,3,4);;5*1H2/q;;+2;;;;;/p-2. The molecule has 0 unspecified atom stereocenters. The number of carbonyl (C=O) groups is 2. The first-order chi connectivity index (χ1) is 3.46. The smallest absolute Gasteiger partial charge is 0.565 e. The Morgan fingerprint density at radius 3 is 0.714 bits per heavy atom. The topological polar surface area (TPSA) is 278 Å². The molecule has 12 N–H and O–H groups in total. The fraction of sp³-hybridized carbons (Fsp3) is 0. The predicted molar refractivity (Wildman–Crippen MR) is 39.9 cm³/mol. The first-order valence-corrected chi connectivity index (χ1v) is 1.26. The quantitative estimate of drug-likeness (QED) is 0.385. The average molecular weight is 236 g/mol. The van der Waals surface area contributed by atoms with Crippen LogP contribution in [0.15, 0.2) is 0 Å². The maximum absolute atomic E-state index is 8.44. The van der Waals surface area contributed by atoms with Crippen molar-refractivity contribution in [1.82, 2.24) is 0 Å². The summed E-state index contributed by atoms with van der Waals surface area (Å²) in [5.41, 5.74) is 0. The molecule has 0 saturated carbocycles. The van der Waals surface area contributed by atoms with Crippen LogP contribution in [0.5, 0.6) is 0 Å². The Kier molecular flexibility index (Phi) is 301. The van der Waals surface area contributed by atoms with Gasteiger partial charge < -0.3 is 57.4 Å². The van der Waals surface area contributed by atoms with Crippen molar-refractivity contribution in [1.29, 1.82) is 0 Å². The first-order valence-electron chi connectivity index (χ1n) is 1.26. The molecule has 0 aromatic carbocycles. The summed E-state index contributed by atoms with van der Waals surface area (Å²) < 4.78 is 0. The van der Waals surface area contributed by atoms with E-state index in [4.69, 9.17) is 30.0 Å². The van der Waals surface area contributed by atoms with Gasteiger partial charge in [0, 0.05) is 0 Å². The molecule has 0 aromatic rings. The molecule has 0 aromatic heterocycles. The Bertz CT molecular complexity index is 71.3. The Morgan fingerprint density at radius 1 is 0.714 bits per heavy atom. The van der Waals surface area contributed by atoms with Gasteiger partial charge in [0.15, 0.2) is 0 Å². The minimum atomic E-state index is -2.08. The third-order valence-corrected chi connectivity index (χ3v) is 0. The van der Waals surface area contributed by atoms with Crippen LogP contribution in [0.3, 0.4) is 0 Å². The Hall–Kier alpha value is -0.894. The molecule has 12 heteroatoms. The zero-order chi connectivity index (χ0) is 7.15. The van der Waals surface area contributed by atoms with Gasteiger partial charge >= 0.3 is 23.1 Å². The molecule has 0 radical (unpaired) electrons. The van der Waals surface area contributed by atoms with Crippen LogP contribution in [0.2, 0.25) is 0 Å². The number of hydrogen-bond donors (Lipinski definition) is 2. The number of hydrogen-bond acceptors (Lipinski definition) is 4. The van der Waals surface area contributed by atoms with Gasteiger partial charge in [0.1, 0.15) is 0 Å². The summed E-state index contributed by atoms with van der Waals surface area (Å²) >= 11 is 0. The maximum atomic E-state index is 8.44. The molecule has 0 aliphatic carbocycles. The van der Waals surface area contributed by atoms with Crippen LogP contribution in [-0.4, -0.2) is 73.0 Å². The van der Waals surface area contributed by atoms with Crippen molar-refractivity contribution in [2.75, 3.05) is 0 Å². The van der Waals surface area contributed by atoms with Crippen LogP contribution in [0, 0.1) is 0 Å². The molecule has 0 amide bonds. The number of carboxylic acid groups (broad SMARTS) is 4. The molecule has 0 atom stereocenters. The van der Waals surface area contributed by atoms with Crippen molar-refractivity contribution in [3.8, 4) is 0 Å². The van der Waals surface area contributed by atoms with E-state index in [1.807, 2.05) is 0 Å². The van der Waals surface area contributed by atoms with Crippen LogP contribution in [0.1, 0.15) is 0 Å². The van der Waals surface area contributed by atoms with Gasteiger partial charge in [0.25, 0.3) is 0 Å². The fourth-order valence-corrected chi connectivity index (χ4v) is 0. The second-order valence-electron chi connectivity index (χ2n) is 0.532. The molecule has 0 saturated heterocycles. The first kappa shape index (κ1) is 73.7. The van der Waals surface area contributed by atoms with Crippen LogP contribution >= 0.6 is 0 Å². The number of rotatable bonds is 0. The summed E-state index contributed by atoms with van der Waals surface area (Å²) in [6, 6.07) is 0. The minimum Gasteiger partial charge on any atom is -0.565 e. The zero-order valence-corrected chi connectivity index (χ0v) is 8.15. The van der Waals surface area contributed by atoms with E-state index in [0.29, 0.717) is 0 Å². The summed E-state index contributed by atoms with van der Waals surface area (Å²) in [4.78, 5) is 16.9. The molecule has 11 nitrogen and oxygen atoms in total. The molecule has 0 spiro atoms. The third kappa shape index (κ3) is 1420. The summed E-state index contributed by atoms with van der Waals surface area (Å²) in [5, 5.41) is 30.6. The van der Waals surface area contributed by atoms with Crippen molar-refractivity contribution in [2.45, 2.75) is 0 Å². The van der Waals surface area contributed by atoms with Crippen molar-refractivity contribution in [3.05, 3.63) is 0 Å². The fourth-order valence-electron chi connectivity index (χ4n) is 0. The van der Waals surface area contributed by atoms with Gasteiger partial charge in [-0.15, -0.1) is 0 Å². The molecule has 14 heavy (non-hydrogen) atoms. The van der Waals surface area contributed by atoms with E-state index in [2.05, 4.69) is 0 Å². The monoisotopic (exact) mass is 236 g/mol. The maximum Gasteiger partial charge on any atom is 2.00 e. The van der Waals surface area contributed by atoms with Gasteiger partial charge in [-0.25, -0.2) is 0 Å². The predicted octanol–water partition coefficient (Wildman–Crippen LogP) is -6.73. The van der Waals surface area contributed by atoms with Gasteiger partial charge in [0.2, 0.25) is 12.3 Å². The van der Waals surface area contributed by atoms with Crippen molar-refractivity contribution in [2.24, 2.45) is 0 Å². The van der Waals surface area contributed by atoms with Gasteiger partial charge in [-0.1, -0.05) is 0 Å². The molecule has 88 valence electrons. The van der Waals surface area contributed by atoms with Gasteiger partial charge in [0.05, 0.1) is 0 Å². The van der Waals surface area contributed by atoms with Crippen molar-refractivity contribution >= 4 is 35.4 Å². The molecule has 0 heterocycles. The van der Waals surface area contributed by atoms with E-state index < -0.39 is 12.3 Å². The van der Waals surface area contributed by atoms with E-state index in [1.165, 1.54) is 0 Å². The van der Waals surface area contributed by atoms with Crippen molar-refractivity contribution in [3.63, 3.8) is 0 Å². The molecule has 0 aliphatic rings. The van der Waals surface area contributed by atoms with E-state index >= 15 is 0 Å². The Labute approximate surface area is 93.3 Å². The molecule has 0 fully saturated rings. The van der Waals surface area contributed by atoms with Gasteiger partial charge in [-0.05, 0) is 0 Å². The van der Waals surface area contributed by atoms with Gasteiger partial charge in [-0.2, -0.15) is 0 Å². The normalized spacial score (nSPS) is 3.43. The minimum absolute atomic E-state index is 0. The van der Waals surface area contributed by atoms with Gasteiger partial charge in [-0.3, -0.25) is 0 Å².